The van der Waals surface area contributed by atoms with Gasteiger partial charge in [0.05, 0.1) is 11.6 Å². The molecule has 3 rings (SSSR count). The third kappa shape index (κ3) is 3.92. The molecule has 2 nitrogen and oxygen atoms in total. The van der Waals surface area contributed by atoms with Gasteiger partial charge in [0.2, 0.25) is 0 Å². The Labute approximate surface area is 133 Å². The minimum Gasteiger partial charge on any atom is -0.491 e. The smallest absolute Gasteiger partial charge is 0.141 e. The van der Waals surface area contributed by atoms with Crippen LogP contribution in [0.2, 0.25) is 5.02 Å². The SMILES string of the molecule is Cc1cc(Cl)c(OCC2CCC2)c(CC2CCNCC2)c1. The fraction of sp³-hybridized carbons (Fsp3) is 0.667. The van der Waals surface area contributed by atoms with Crippen LogP contribution in [0.5, 0.6) is 5.75 Å². The largest absolute Gasteiger partial charge is 0.491 e. The van der Waals surface area contributed by atoms with Crippen molar-refractivity contribution in [3.05, 3.63) is 28.3 Å². The van der Waals surface area contributed by atoms with E-state index in [1.54, 1.807) is 0 Å². The first-order valence-corrected chi connectivity index (χ1v) is 8.72. The van der Waals surface area contributed by atoms with Crippen LogP contribution in [0.25, 0.3) is 0 Å². The summed E-state index contributed by atoms with van der Waals surface area (Å²) in [6, 6.07) is 4.30. The van der Waals surface area contributed by atoms with Gasteiger partial charge in [-0.1, -0.05) is 24.1 Å². The lowest BCUT2D eigenvalue weighted by molar-refractivity contribution is 0.179. The second-order valence-electron chi connectivity index (χ2n) is 6.74. The number of nitrogens with one attached hydrogen (secondary N) is 1. The summed E-state index contributed by atoms with van der Waals surface area (Å²) in [5.74, 6) is 2.46. The molecule has 3 heteroatoms. The van der Waals surface area contributed by atoms with Gasteiger partial charge >= 0.3 is 0 Å². The summed E-state index contributed by atoms with van der Waals surface area (Å²) in [4.78, 5) is 0. The molecule has 1 saturated carbocycles. The van der Waals surface area contributed by atoms with Crippen LogP contribution in [0.4, 0.5) is 0 Å². The monoisotopic (exact) mass is 307 g/mol. The van der Waals surface area contributed by atoms with Gasteiger partial charge in [-0.05, 0) is 81.1 Å². The number of benzene rings is 1. The highest BCUT2D eigenvalue weighted by molar-refractivity contribution is 6.32. The van der Waals surface area contributed by atoms with Gasteiger partial charge in [0.15, 0.2) is 0 Å². The van der Waals surface area contributed by atoms with Crippen molar-refractivity contribution >= 4 is 11.6 Å². The minimum absolute atomic E-state index is 0.745. The zero-order valence-corrected chi connectivity index (χ0v) is 13.7. The predicted molar refractivity (Wildman–Crippen MR) is 88.3 cm³/mol. The van der Waals surface area contributed by atoms with Crippen LogP contribution in [-0.4, -0.2) is 19.7 Å². The van der Waals surface area contributed by atoms with Crippen molar-refractivity contribution in [2.45, 2.75) is 45.4 Å². The normalized spacial score (nSPS) is 20.3. The molecule has 2 aliphatic rings. The van der Waals surface area contributed by atoms with E-state index in [0.717, 1.165) is 48.7 Å². The van der Waals surface area contributed by atoms with Crippen molar-refractivity contribution < 1.29 is 4.74 Å². The molecule has 0 aromatic heterocycles. The number of piperidine rings is 1. The quantitative estimate of drug-likeness (QED) is 0.872. The van der Waals surface area contributed by atoms with E-state index in [9.17, 15) is 0 Å². The predicted octanol–water partition coefficient (Wildman–Crippen LogP) is 4.37. The van der Waals surface area contributed by atoms with Crippen molar-refractivity contribution in [1.29, 1.82) is 0 Å². The second-order valence-corrected chi connectivity index (χ2v) is 7.15. The molecule has 21 heavy (non-hydrogen) atoms. The molecule has 116 valence electrons. The Morgan fingerprint density at radius 3 is 2.57 bits per heavy atom. The number of hydrogen-bond donors (Lipinski definition) is 1. The van der Waals surface area contributed by atoms with Crippen LogP contribution in [0.3, 0.4) is 0 Å². The van der Waals surface area contributed by atoms with Gasteiger partial charge in [-0.15, -0.1) is 0 Å². The molecule has 1 aliphatic heterocycles. The number of aryl methyl sites for hydroxylation is 1. The summed E-state index contributed by atoms with van der Waals surface area (Å²) in [6.07, 6.45) is 7.60. The van der Waals surface area contributed by atoms with Crippen LogP contribution in [0.15, 0.2) is 12.1 Å². The second kappa shape index (κ2) is 7.02. The summed E-state index contributed by atoms with van der Waals surface area (Å²) in [5, 5.41) is 4.23. The van der Waals surface area contributed by atoms with Crippen molar-refractivity contribution in [2.75, 3.05) is 19.7 Å². The Morgan fingerprint density at radius 2 is 1.90 bits per heavy atom. The fourth-order valence-corrected chi connectivity index (χ4v) is 3.72. The lowest BCUT2D eigenvalue weighted by Crippen LogP contribution is -2.28. The average Bonchev–Trinajstić information content (AvgIpc) is 2.41. The van der Waals surface area contributed by atoms with E-state index in [4.69, 9.17) is 16.3 Å². The van der Waals surface area contributed by atoms with Crippen molar-refractivity contribution in [1.82, 2.24) is 5.32 Å². The van der Waals surface area contributed by atoms with Gasteiger partial charge in [0.25, 0.3) is 0 Å². The minimum atomic E-state index is 0.745. The number of hydrogen-bond acceptors (Lipinski definition) is 2. The zero-order valence-electron chi connectivity index (χ0n) is 13.0. The van der Waals surface area contributed by atoms with E-state index >= 15 is 0 Å². The lowest BCUT2D eigenvalue weighted by atomic mass is 9.86. The fourth-order valence-electron chi connectivity index (χ4n) is 3.37. The summed E-state index contributed by atoms with van der Waals surface area (Å²) in [6.45, 7) is 5.24. The molecule has 1 N–H and O–H groups in total. The molecule has 1 aromatic rings. The van der Waals surface area contributed by atoms with E-state index in [0.29, 0.717) is 0 Å². The maximum atomic E-state index is 6.46. The molecule has 1 aromatic carbocycles. The maximum absolute atomic E-state index is 6.46. The Kier molecular flexibility index (Phi) is 5.07. The number of ether oxygens (including phenoxy) is 1. The Bertz CT molecular complexity index is 478. The van der Waals surface area contributed by atoms with Crippen LogP contribution >= 0.6 is 11.6 Å². The van der Waals surface area contributed by atoms with E-state index in [2.05, 4.69) is 18.3 Å². The van der Waals surface area contributed by atoms with E-state index < -0.39 is 0 Å². The Balaban J connectivity index is 1.72. The first-order valence-electron chi connectivity index (χ1n) is 8.35. The van der Waals surface area contributed by atoms with Crippen molar-refractivity contribution in [2.24, 2.45) is 11.8 Å². The first-order chi connectivity index (χ1) is 10.2. The zero-order chi connectivity index (χ0) is 14.7. The van der Waals surface area contributed by atoms with E-state index in [1.807, 2.05) is 6.07 Å². The van der Waals surface area contributed by atoms with Gasteiger partial charge in [-0.2, -0.15) is 0 Å². The van der Waals surface area contributed by atoms with Crippen LogP contribution in [0.1, 0.15) is 43.2 Å². The Morgan fingerprint density at radius 1 is 1.14 bits per heavy atom. The standard InChI is InChI=1S/C18H26ClNO/c1-13-9-16(11-14-5-7-20-8-6-14)18(17(19)10-13)21-12-15-3-2-4-15/h9-10,14-15,20H,2-8,11-12H2,1H3. The van der Waals surface area contributed by atoms with Gasteiger partial charge in [0, 0.05) is 0 Å². The number of rotatable bonds is 5. The molecule has 1 heterocycles. The summed E-state index contributed by atoms with van der Waals surface area (Å²) < 4.78 is 6.12. The molecule has 0 bridgehead atoms. The summed E-state index contributed by atoms with van der Waals surface area (Å²) >= 11 is 6.46. The Hall–Kier alpha value is -0.730. The molecule has 0 spiro atoms. The van der Waals surface area contributed by atoms with Gasteiger partial charge < -0.3 is 10.1 Å². The highest BCUT2D eigenvalue weighted by Gasteiger charge is 2.21. The highest BCUT2D eigenvalue weighted by Crippen LogP contribution is 2.35. The summed E-state index contributed by atoms with van der Waals surface area (Å²) in [7, 11) is 0. The van der Waals surface area contributed by atoms with Gasteiger partial charge in [0.1, 0.15) is 5.75 Å². The molecular formula is C18H26ClNO. The lowest BCUT2D eigenvalue weighted by Gasteiger charge is -2.27. The maximum Gasteiger partial charge on any atom is 0.141 e. The summed E-state index contributed by atoms with van der Waals surface area (Å²) in [5.41, 5.74) is 2.55. The van der Waals surface area contributed by atoms with Gasteiger partial charge in [-0.3, -0.25) is 0 Å². The van der Waals surface area contributed by atoms with Gasteiger partial charge in [-0.25, -0.2) is 0 Å². The molecule has 0 atom stereocenters. The molecule has 0 radical (unpaired) electrons. The molecule has 1 aliphatic carbocycles. The molecule has 0 unspecified atom stereocenters. The van der Waals surface area contributed by atoms with E-state index in [-0.39, 0.29) is 0 Å². The molecule has 0 amide bonds. The van der Waals surface area contributed by atoms with Crippen LogP contribution in [0, 0.1) is 18.8 Å². The molecular weight excluding hydrogens is 282 g/mol. The third-order valence-electron chi connectivity index (χ3n) is 4.92. The highest BCUT2D eigenvalue weighted by atomic mass is 35.5. The third-order valence-corrected chi connectivity index (χ3v) is 5.20. The average molecular weight is 308 g/mol. The molecule has 1 saturated heterocycles. The molecule has 2 fully saturated rings. The van der Waals surface area contributed by atoms with Crippen molar-refractivity contribution in [3.8, 4) is 5.75 Å². The van der Waals surface area contributed by atoms with Crippen LogP contribution in [-0.2, 0) is 6.42 Å². The van der Waals surface area contributed by atoms with Crippen molar-refractivity contribution in [3.63, 3.8) is 0 Å². The number of halogens is 1. The van der Waals surface area contributed by atoms with Crippen LogP contribution < -0.4 is 10.1 Å². The first kappa shape index (κ1) is 15.2. The topological polar surface area (TPSA) is 21.3 Å². The van der Waals surface area contributed by atoms with E-state index in [1.165, 1.54) is 43.2 Å².